The van der Waals surface area contributed by atoms with Crippen LogP contribution in [0.15, 0.2) is 51.8 Å². The molecule has 2 aromatic carbocycles. The summed E-state index contributed by atoms with van der Waals surface area (Å²) in [5.74, 6) is -0.949. The Morgan fingerprint density at radius 1 is 1.21 bits per heavy atom. The van der Waals surface area contributed by atoms with Crippen molar-refractivity contribution >= 4 is 31.9 Å². The Kier molecular flexibility index (Phi) is 6.09. The molecule has 0 saturated carbocycles. The Bertz CT molecular complexity index is 838. The van der Waals surface area contributed by atoms with Crippen molar-refractivity contribution in [1.82, 2.24) is 4.72 Å². The number of carbonyl (C=O) groups excluding carboxylic acids is 1. The molecule has 0 saturated heterocycles. The van der Waals surface area contributed by atoms with Crippen LogP contribution in [-0.2, 0) is 21.2 Å². The zero-order valence-corrected chi connectivity index (χ0v) is 15.2. The number of hydrogen-bond acceptors (Lipinski definition) is 4. The van der Waals surface area contributed by atoms with Crippen LogP contribution < -0.4 is 4.72 Å². The minimum absolute atomic E-state index is 0.0232. The highest BCUT2D eigenvalue weighted by Gasteiger charge is 2.17. The first-order valence-corrected chi connectivity index (χ1v) is 9.23. The van der Waals surface area contributed by atoms with Crippen LogP contribution in [0.1, 0.15) is 15.9 Å². The second-order valence-corrected chi connectivity index (χ2v) is 7.50. The molecule has 0 bridgehead atoms. The topological polar surface area (TPSA) is 72.5 Å². The van der Waals surface area contributed by atoms with Crippen LogP contribution in [0.2, 0.25) is 0 Å². The monoisotopic (exact) mass is 415 g/mol. The zero-order valence-electron chi connectivity index (χ0n) is 12.8. The van der Waals surface area contributed by atoms with Crippen molar-refractivity contribution in [2.45, 2.75) is 11.3 Å². The van der Waals surface area contributed by atoms with Crippen LogP contribution in [-0.4, -0.2) is 28.0 Å². The molecule has 0 atom stereocenters. The highest BCUT2D eigenvalue weighted by Crippen LogP contribution is 2.22. The SMILES string of the molecule is COC(=O)c1ccc(CCNS(=O)(=O)c2ccc(F)cc2Br)cc1. The van der Waals surface area contributed by atoms with Gasteiger partial charge in [0.05, 0.1) is 17.6 Å². The lowest BCUT2D eigenvalue weighted by Crippen LogP contribution is -2.26. The van der Waals surface area contributed by atoms with Gasteiger partial charge in [-0.2, -0.15) is 0 Å². The predicted molar refractivity (Wildman–Crippen MR) is 90.8 cm³/mol. The maximum absolute atomic E-state index is 13.0. The molecule has 0 heterocycles. The smallest absolute Gasteiger partial charge is 0.337 e. The van der Waals surface area contributed by atoms with Gasteiger partial charge in [-0.05, 0) is 58.2 Å². The number of esters is 1. The van der Waals surface area contributed by atoms with Crippen LogP contribution in [0.25, 0.3) is 0 Å². The van der Waals surface area contributed by atoms with E-state index in [1.807, 2.05) is 0 Å². The first-order chi connectivity index (χ1) is 11.3. The van der Waals surface area contributed by atoms with E-state index in [0.29, 0.717) is 12.0 Å². The van der Waals surface area contributed by atoms with Crippen molar-refractivity contribution in [3.63, 3.8) is 0 Å². The van der Waals surface area contributed by atoms with Crippen molar-refractivity contribution in [2.75, 3.05) is 13.7 Å². The van der Waals surface area contributed by atoms with E-state index in [1.54, 1.807) is 24.3 Å². The lowest BCUT2D eigenvalue weighted by Gasteiger charge is -2.09. The molecule has 24 heavy (non-hydrogen) atoms. The number of hydrogen-bond donors (Lipinski definition) is 1. The normalized spacial score (nSPS) is 11.3. The van der Waals surface area contributed by atoms with Crippen LogP contribution in [0.5, 0.6) is 0 Å². The Balaban J connectivity index is 1.99. The number of ether oxygens (including phenoxy) is 1. The molecule has 8 heteroatoms. The van der Waals surface area contributed by atoms with Gasteiger partial charge in [0, 0.05) is 11.0 Å². The first kappa shape index (κ1) is 18.6. The molecule has 0 aliphatic heterocycles. The molecule has 0 spiro atoms. The number of nitrogens with one attached hydrogen (secondary N) is 1. The van der Waals surface area contributed by atoms with Gasteiger partial charge >= 0.3 is 5.97 Å². The second kappa shape index (κ2) is 7.87. The number of rotatable bonds is 6. The van der Waals surface area contributed by atoms with Crippen molar-refractivity contribution in [2.24, 2.45) is 0 Å². The first-order valence-electron chi connectivity index (χ1n) is 6.95. The van der Waals surface area contributed by atoms with Crippen LogP contribution in [0.4, 0.5) is 4.39 Å². The summed E-state index contributed by atoms with van der Waals surface area (Å²) in [4.78, 5) is 11.3. The summed E-state index contributed by atoms with van der Waals surface area (Å²) in [6, 6.07) is 10.1. The minimum atomic E-state index is -3.74. The second-order valence-electron chi connectivity index (χ2n) is 4.91. The fourth-order valence-corrected chi connectivity index (χ4v) is 4.11. The van der Waals surface area contributed by atoms with Gasteiger partial charge in [0.15, 0.2) is 0 Å². The number of carbonyl (C=O) groups is 1. The van der Waals surface area contributed by atoms with Crippen molar-refractivity contribution in [3.05, 3.63) is 63.9 Å². The number of sulfonamides is 1. The van der Waals surface area contributed by atoms with Gasteiger partial charge in [-0.1, -0.05) is 12.1 Å². The molecule has 0 aromatic heterocycles. The molecule has 0 unspecified atom stereocenters. The number of benzene rings is 2. The molecule has 0 aliphatic rings. The van der Waals surface area contributed by atoms with E-state index in [0.717, 1.165) is 17.7 Å². The number of methoxy groups -OCH3 is 1. The van der Waals surface area contributed by atoms with Crippen molar-refractivity contribution < 1.29 is 22.3 Å². The van der Waals surface area contributed by atoms with E-state index in [2.05, 4.69) is 25.4 Å². The largest absolute Gasteiger partial charge is 0.465 e. The van der Waals surface area contributed by atoms with Crippen molar-refractivity contribution in [1.29, 1.82) is 0 Å². The molecular formula is C16H15BrFNO4S. The molecule has 2 aromatic rings. The van der Waals surface area contributed by atoms with Gasteiger partial charge in [0.1, 0.15) is 5.82 Å². The Hall–Kier alpha value is -1.77. The van der Waals surface area contributed by atoms with Crippen LogP contribution >= 0.6 is 15.9 Å². The van der Waals surface area contributed by atoms with Gasteiger partial charge in [-0.15, -0.1) is 0 Å². The quantitative estimate of drug-likeness (QED) is 0.736. The van der Waals surface area contributed by atoms with Crippen LogP contribution in [0, 0.1) is 5.82 Å². The third-order valence-electron chi connectivity index (χ3n) is 3.26. The van der Waals surface area contributed by atoms with E-state index in [-0.39, 0.29) is 15.9 Å². The van der Waals surface area contributed by atoms with Crippen LogP contribution in [0.3, 0.4) is 0 Å². The highest BCUT2D eigenvalue weighted by atomic mass is 79.9. The Morgan fingerprint density at radius 3 is 2.46 bits per heavy atom. The van der Waals surface area contributed by atoms with E-state index in [1.165, 1.54) is 13.2 Å². The standard InChI is InChI=1S/C16H15BrFNO4S/c1-23-16(20)12-4-2-11(3-5-12)8-9-19-24(21,22)15-7-6-13(18)10-14(15)17/h2-7,10,19H,8-9H2,1H3. The van der Waals surface area contributed by atoms with Crippen molar-refractivity contribution in [3.8, 4) is 0 Å². The molecule has 0 radical (unpaired) electrons. The molecule has 128 valence electrons. The van der Waals surface area contributed by atoms with E-state index < -0.39 is 21.8 Å². The summed E-state index contributed by atoms with van der Waals surface area (Å²) in [6.45, 7) is 0.170. The third-order valence-corrected chi connectivity index (χ3v) is 5.70. The lowest BCUT2D eigenvalue weighted by atomic mass is 10.1. The summed E-state index contributed by atoms with van der Waals surface area (Å²) in [5, 5.41) is 0. The maximum atomic E-state index is 13.0. The predicted octanol–water partition coefficient (Wildman–Crippen LogP) is 2.90. The molecule has 0 aliphatic carbocycles. The molecule has 2 rings (SSSR count). The van der Waals surface area contributed by atoms with Gasteiger partial charge < -0.3 is 4.74 Å². The zero-order chi connectivity index (χ0) is 17.7. The van der Waals surface area contributed by atoms with E-state index in [9.17, 15) is 17.6 Å². The lowest BCUT2D eigenvalue weighted by molar-refractivity contribution is 0.0600. The Morgan fingerprint density at radius 2 is 1.88 bits per heavy atom. The average Bonchev–Trinajstić information content (AvgIpc) is 2.54. The van der Waals surface area contributed by atoms with E-state index in [4.69, 9.17) is 0 Å². The summed E-state index contributed by atoms with van der Waals surface area (Å²) in [5.41, 5.74) is 1.29. The molecule has 5 nitrogen and oxygen atoms in total. The fourth-order valence-electron chi connectivity index (χ4n) is 2.03. The van der Waals surface area contributed by atoms with Gasteiger partial charge in [-0.25, -0.2) is 22.3 Å². The summed E-state index contributed by atoms with van der Waals surface area (Å²) in [7, 11) is -2.44. The van der Waals surface area contributed by atoms with Gasteiger partial charge in [0.2, 0.25) is 10.0 Å². The molecular weight excluding hydrogens is 401 g/mol. The summed E-state index contributed by atoms with van der Waals surface area (Å²) >= 11 is 3.05. The molecule has 0 fully saturated rings. The van der Waals surface area contributed by atoms with E-state index >= 15 is 0 Å². The third kappa shape index (κ3) is 4.62. The maximum Gasteiger partial charge on any atom is 0.337 e. The van der Waals surface area contributed by atoms with Gasteiger partial charge in [-0.3, -0.25) is 0 Å². The fraction of sp³-hybridized carbons (Fsp3) is 0.188. The Labute approximate surface area is 148 Å². The summed E-state index contributed by atoms with van der Waals surface area (Å²) in [6.07, 6.45) is 0.444. The molecule has 0 amide bonds. The number of halogens is 2. The average molecular weight is 416 g/mol. The minimum Gasteiger partial charge on any atom is -0.465 e. The van der Waals surface area contributed by atoms with Gasteiger partial charge in [0.25, 0.3) is 0 Å². The highest BCUT2D eigenvalue weighted by molar-refractivity contribution is 9.10. The summed E-state index contributed by atoms with van der Waals surface area (Å²) < 4.78 is 44.7. The molecule has 1 N–H and O–H groups in total.